The Hall–Kier alpha value is -5.31. The predicted molar refractivity (Wildman–Crippen MR) is 181 cm³/mol. The van der Waals surface area contributed by atoms with Crippen LogP contribution in [0, 0.1) is 5.92 Å². The molecule has 2 aromatic carbocycles. The largest absolute Gasteiger partial charge is 0.481 e. The fraction of sp³-hybridized carbons (Fsp3) is 0.457. The Morgan fingerprint density at radius 3 is 1.68 bits per heavy atom. The Bertz CT molecular complexity index is 1470. The first-order valence-electron chi connectivity index (χ1n) is 16.3. The number of nitrogens with zero attached hydrogens (tertiary/aromatic N) is 1. The van der Waals surface area contributed by atoms with Crippen molar-refractivity contribution in [1.82, 2.24) is 20.9 Å². The third kappa shape index (κ3) is 14.0. The van der Waals surface area contributed by atoms with E-state index in [-0.39, 0.29) is 24.7 Å². The molecule has 1 fully saturated rings. The number of carbonyl (C=O) groups is 7. The summed E-state index contributed by atoms with van der Waals surface area (Å²) in [5, 5.41) is 33.6. The van der Waals surface area contributed by atoms with Crippen molar-refractivity contribution in [2.75, 3.05) is 6.54 Å². The van der Waals surface area contributed by atoms with E-state index in [9.17, 15) is 33.9 Å². The van der Waals surface area contributed by atoms with Crippen LogP contribution in [0.25, 0.3) is 0 Å². The van der Waals surface area contributed by atoms with E-state index in [1.165, 1.54) is 4.90 Å². The molecular weight excluding hydrogens is 650 g/mol. The highest BCUT2D eigenvalue weighted by Crippen LogP contribution is 2.20. The van der Waals surface area contributed by atoms with Gasteiger partial charge in [-0.15, -0.1) is 0 Å². The third-order valence-corrected chi connectivity index (χ3v) is 7.71. The van der Waals surface area contributed by atoms with E-state index in [0.717, 1.165) is 12.5 Å². The zero-order valence-corrected chi connectivity index (χ0v) is 28.4. The first kappa shape index (κ1) is 40.9. The molecule has 0 unspecified atom stereocenters. The molecule has 0 bridgehead atoms. The number of nitrogens with one attached hydrogen (secondary N) is 3. The van der Waals surface area contributed by atoms with Gasteiger partial charge in [0.1, 0.15) is 24.2 Å². The fourth-order valence-corrected chi connectivity index (χ4v) is 5.43. The molecule has 1 aliphatic heterocycles. The number of hydrogen-bond donors (Lipinski definition) is 7. The van der Waals surface area contributed by atoms with Crippen LogP contribution in [0.2, 0.25) is 0 Å². The zero-order valence-electron chi connectivity index (χ0n) is 28.4. The summed E-state index contributed by atoms with van der Waals surface area (Å²) in [5.41, 5.74) is 7.51. The maximum absolute atomic E-state index is 13.8. The van der Waals surface area contributed by atoms with Gasteiger partial charge in [-0.05, 0) is 36.3 Å². The van der Waals surface area contributed by atoms with E-state index in [1.807, 2.05) is 13.8 Å². The number of hydrogen-bond acceptors (Lipinski definition) is 8. The second kappa shape index (κ2) is 20.3. The van der Waals surface area contributed by atoms with Crippen LogP contribution >= 0.6 is 0 Å². The van der Waals surface area contributed by atoms with E-state index in [1.54, 1.807) is 60.7 Å². The molecule has 8 N–H and O–H groups in total. The quantitative estimate of drug-likeness (QED) is 0.130. The second-order valence-corrected chi connectivity index (χ2v) is 12.4. The van der Waals surface area contributed by atoms with Crippen LogP contribution in [0.3, 0.4) is 0 Å². The highest BCUT2D eigenvalue weighted by atomic mass is 16.4. The normalized spacial score (nSPS) is 16.1. The van der Waals surface area contributed by atoms with Crippen molar-refractivity contribution in [3.05, 3.63) is 71.8 Å². The Kier molecular flexibility index (Phi) is 16.6. The number of likely N-dealkylation sites (tertiary alicyclic amines) is 1. The van der Waals surface area contributed by atoms with Crippen molar-refractivity contribution in [3.8, 4) is 0 Å². The summed E-state index contributed by atoms with van der Waals surface area (Å²) in [6.07, 6.45) is 0.601. The highest BCUT2D eigenvalue weighted by molar-refractivity contribution is 5.96. The van der Waals surface area contributed by atoms with Crippen LogP contribution < -0.4 is 21.7 Å². The van der Waals surface area contributed by atoms with Gasteiger partial charge in [-0.2, -0.15) is 0 Å². The number of benzene rings is 2. The van der Waals surface area contributed by atoms with Crippen LogP contribution in [-0.4, -0.2) is 98.5 Å². The lowest BCUT2D eigenvalue weighted by Gasteiger charge is -2.29. The lowest BCUT2D eigenvalue weighted by atomic mass is 10.0. The average Bonchev–Trinajstić information content (AvgIpc) is 3.54. The first-order chi connectivity index (χ1) is 23.6. The number of amides is 4. The third-order valence-electron chi connectivity index (χ3n) is 7.71. The van der Waals surface area contributed by atoms with Gasteiger partial charge in [0.05, 0.1) is 12.5 Å². The van der Waals surface area contributed by atoms with E-state index in [2.05, 4.69) is 16.0 Å². The van der Waals surface area contributed by atoms with Crippen molar-refractivity contribution in [2.24, 2.45) is 11.7 Å². The first-order valence-corrected chi connectivity index (χ1v) is 16.3. The molecule has 0 aliphatic carbocycles. The number of nitrogens with two attached hydrogens (primary N) is 1. The molecule has 1 heterocycles. The summed E-state index contributed by atoms with van der Waals surface area (Å²) in [7, 11) is 0. The summed E-state index contributed by atoms with van der Waals surface area (Å²) >= 11 is 0. The molecule has 1 saturated heterocycles. The highest BCUT2D eigenvalue weighted by Gasteiger charge is 2.38. The van der Waals surface area contributed by atoms with Gasteiger partial charge in [0, 0.05) is 26.3 Å². The molecule has 0 spiro atoms. The van der Waals surface area contributed by atoms with Crippen molar-refractivity contribution < 1.29 is 48.9 Å². The summed E-state index contributed by atoms with van der Waals surface area (Å²) < 4.78 is 0. The number of carboxylic acids is 3. The van der Waals surface area contributed by atoms with Crippen molar-refractivity contribution in [2.45, 2.75) is 89.5 Å². The van der Waals surface area contributed by atoms with Gasteiger partial charge >= 0.3 is 11.9 Å². The van der Waals surface area contributed by atoms with Crippen LogP contribution in [0.1, 0.15) is 57.6 Å². The molecular formula is C35H47N5O10. The van der Waals surface area contributed by atoms with E-state index < -0.39 is 72.3 Å². The topological polar surface area (TPSA) is 246 Å². The minimum absolute atomic E-state index is 0.0392. The number of aliphatic carboxylic acids is 3. The Morgan fingerprint density at radius 2 is 1.24 bits per heavy atom. The molecule has 0 saturated carbocycles. The Morgan fingerprint density at radius 1 is 0.780 bits per heavy atom. The minimum atomic E-state index is -1.73. The smallest absolute Gasteiger partial charge is 0.326 e. The standard InChI is InChI=1S/C33H43N5O8.C2H4O2/c1-20(2)16-23(34)32(44)38-15-9-14-27(38)31(43)36-25(18-22-12-7-4-8-13-22)29(41)35-24(17-21-10-5-3-6-11-21)30(42)37-26(33(45)46)19-28(39)40;1-2(3)4/h3-8,10-13,20,23-27H,9,14-19,34H2,1-2H3,(H,35,41)(H,36,43)(H,37,42)(H,39,40)(H,45,46);1H3,(H,3,4)/t23-,24-,25-,26-,27-;/m0./s1. The molecule has 3 rings (SSSR count). The maximum Gasteiger partial charge on any atom is 0.326 e. The van der Waals surface area contributed by atoms with Gasteiger partial charge in [-0.1, -0.05) is 74.5 Å². The van der Waals surface area contributed by atoms with Gasteiger partial charge in [0.2, 0.25) is 23.6 Å². The molecule has 0 radical (unpaired) electrons. The zero-order chi connectivity index (χ0) is 37.4. The molecule has 15 nitrogen and oxygen atoms in total. The van der Waals surface area contributed by atoms with Gasteiger partial charge in [0.15, 0.2) is 0 Å². The fourth-order valence-electron chi connectivity index (χ4n) is 5.43. The van der Waals surface area contributed by atoms with Crippen LogP contribution in [0.15, 0.2) is 60.7 Å². The molecule has 272 valence electrons. The van der Waals surface area contributed by atoms with Gasteiger partial charge in [0.25, 0.3) is 5.97 Å². The van der Waals surface area contributed by atoms with Crippen molar-refractivity contribution in [1.29, 1.82) is 0 Å². The molecule has 50 heavy (non-hydrogen) atoms. The summed E-state index contributed by atoms with van der Waals surface area (Å²) in [5.74, 6) is -6.10. The Labute approximate surface area is 290 Å². The van der Waals surface area contributed by atoms with Crippen molar-refractivity contribution in [3.63, 3.8) is 0 Å². The summed E-state index contributed by atoms with van der Waals surface area (Å²) in [6, 6.07) is 11.8. The minimum Gasteiger partial charge on any atom is -0.481 e. The lowest BCUT2D eigenvalue weighted by molar-refractivity contribution is -0.147. The van der Waals surface area contributed by atoms with Gasteiger partial charge in [-0.3, -0.25) is 28.8 Å². The predicted octanol–water partition coefficient (Wildman–Crippen LogP) is 0.941. The Balaban J connectivity index is 0.00000205. The van der Waals surface area contributed by atoms with Crippen LogP contribution in [0.5, 0.6) is 0 Å². The lowest BCUT2D eigenvalue weighted by Crippen LogP contribution is -2.59. The van der Waals surface area contributed by atoms with Crippen LogP contribution in [0.4, 0.5) is 0 Å². The van der Waals surface area contributed by atoms with Gasteiger partial charge < -0.3 is 41.9 Å². The summed E-state index contributed by atoms with van der Waals surface area (Å²) in [6.45, 7) is 5.35. The van der Waals surface area contributed by atoms with E-state index in [0.29, 0.717) is 31.4 Å². The van der Waals surface area contributed by atoms with E-state index in [4.69, 9.17) is 20.7 Å². The molecule has 15 heteroatoms. The van der Waals surface area contributed by atoms with Crippen LogP contribution in [-0.2, 0) is 46.4 Å². The summed E-state index contributed by atoms with van der Waals surface area (Å²) in [4.78, 5) is 87.2. The molecule has 0 aromatic heterocycles. The SMILES string of the molecule is CC(=O)O.CC(C)C[C@H](N)C(=O)N1CCC[C@H]1C(=O)N[C@@H](Cc1ccccc1)C(=O)N[C@@H](Cc1ccccc1)C(=O)N[C@@H](CC(=O)O)C(=O)O. The molecule has 5 atom stereocenters. The maximum atomic E-state index is 13.8. The number of rotatable bonds is 16. The molecule has 2 aromatic rings. The number of carbonyl (C=O) groups excluding carboxylic acids is 4. The van der Waals surface area contributed by atoms with Crippen molar-refractivity contribution >= 4 is 41.5 Å². The monoisotopic (exact) mass is 697 g/mol. The average molecular weight is 698 g/mol. The second-order valence-electron chi connectivity index (χ2n) is 12.4. The van der Waals surface area contributed by atoms with E-state index >= 15 is 0 Å². The van der Waals surface area contributed by atoms with Gasteiger partial charge in [-0.25, -0.2) is 4.79 Å². The number of carboxylic acid groups (broad SMARTS) is 3. The molecule has 1 aliphatic rings. The molecule has 4 amide bonds.